The van der Waals surface area contributed by atoms with E-state index in [0.29, 0.717) is 22.7 Å². The summed E-state index contributed by atoms with van der Waals surface area (Å²) in [5.41, 5.74) is 3.04. The van der Waals surface area contributed by atoms with Gasteiger partial charge in [-0.1, -0.05) is 62.0 Å². The fourth-order valence-electron chi connectivity index (χ4n) is 3.44. The van der Waals surface area contributed by atoms with Crippen LogP contribution in [-0.2, 0) is 10.0 Å². The average Bonchev–Trinajstić information content (AvgIpc) is 3.26. The minimum atomic E-state index is -3.55. The molecule has 0 amide bonds. The molecule has 2 heterocycles. The van der Waals surface area contributed by atoms with Crippen molar-refractivity contribution in [2.24, 2.45) is 0 Å². The summed E-state index contributed by atoms with van der Waals surface area (Å²) < 4.78 is 29.6. The Morgan fingerprint density at radius 3 is 2.45 bits per heavy atom. The summed E-state index contributed by atoms with van der Waals surface area (Å²) in [6.45, 7) is 4.57. The molecule has 0 atom stereocenters. The number of pyridine rings is 1. The highest BCUT2D eigenvalue weighted by Crippen LogP contribution is 2.31. The highest BCUT2D eigenvalue weighted by molar-refractivity contribution is 7.99. The Morgan fingerprint density at radius 1 is 0.970 bits per heavy atom. The molecule has 0 saturated carbocycles. The smallest absolute Gasteiger partial charge is 0.240 e. The Balaban J connectivity index is 1.60. The second-order valence-corrected chi connectivity index (χ2v) is 10.5. The van der Waals surface area contributed by atoms with Crippen LogP contribution in [0.3, 0.4) is 0 Å². The molecule has 0 radical (unpaired) electrons. The van der Waals surface area contributed by atoms with E-state index in [2.05, 4.69) is 45.9 Å². The molecule has 0 aliphatic rings. The topological polar surface area (TPSA) is 89.8 Å². The summed E-state index contributed by atoms with van der Waals surface area (Å²) in [5.74, 6) is 1.51. The van der Waals surface area contributed by atoms with Crippen LogP contribution in [-0.4, -0.2) is 40.5 Å². The van der Waals surface area contributed by atoms with Crippen molar-refractivity contribution >= 4 is 21.8 Å². The van der Waals surface area contributed by atoms with Gasteiger partial charge in [0.15, 0.2) is 11.0 Å². The van der Waals surface area contributed by atoms with Gasteiger partial charge in [0.25, 0.3) is 0 Å². The molecular formula is C24H25N5O2S2. The van der Waals surface area contributed by atoms with Crippen LogP contribution in [0.1, 0.15) is 25.3 Å². The molecule has 2 aromatic carbocycles. The van der Waals surface area contributed by atoms with E-state index in [1.165, 1.54) is 17.3 Å². The molecule has 0 spiro atoms. The van der Waals surface area contributed by atoms with Gasteiger partial charge in [-0.15, -0.1) is 10.2 Å². The van der Waals surface area contributed by atoms with E-state index in [1.54, 1.807) is 42.7 Å². The lowest BCUT2D eigenvalue weighted by Gasteiger charge is -2.17. The predicted molar refractivity (Wildman–Crippen MR) is 131 cm³/mol. The van der Waals surface area contributed by atoms with Crippen molar-refractivity contribution in [1.29, 1.82) is 0 Å². The van der Waals surface area contributed by atoms with Gasteiger partial charge in [-0.3, -0.25) is 9.55 Å². The fourth-order valence-corrected chi connectivity index (χ4v) is 5.42. The summed E-state index contributed by atoms with van der Waals surface area (Å²) >= 11 is 1.46. The van der Waals surface area contributed by atoms with Gasteiger partial charge in [-0.25, -0.2) is 13.1 Å². The number of thioether (sulfide) groups is 1. The minimum Gasteiger partial charge on any atom is -0.270 e. The maximum Gasteiger partial charge on any atom is 0.240 e. The third-order valence-corrected chi connectivity index (χ3v) is 7.44. The summed E-state index contributed by atoms with van der Waals surface area (Å²) in [5, 5.41) is 9.58. The van der Waals surface area contributed by atoms with Crippen LogP contribution in [0.25, 0.3) is 17.1 Å². The molecule has 4 rings (SSSR count). The van der Waals surface area contributed by atoms with E-state index < -0.39 is 10.0 Å². The van der Waals surface area contributed by atoms with Gasteiger partial charge in [-0.05, 0) is 41.8 Å². The zero-order valence-corrected chi connectivity index (χ0v) is 20.1. The van der Waals surface area contributed by atoms with E-state index >= 15 is 0 Å². The van der Waals surface area contributed by atoms with Gasteiger partial charge in [0.1, 0.15) is 0 Å². The van der Waals surface area contributed by atoms with Crippen molar-refractivity contribution in [1.82, 2.24) is 24.5 Å². The maximum atomic E-state index is 12.5. The van der Waals surface area contributed by atoms with Crippen molar-refractivity contribution in [3.8, 4) is 17.1 Å². The molecule has 9 heteroatoms. The Hall–Kier alpha value is -3.01. The standard InChI is InChI=1S/C24H25N5O2S2/c1-18(2)21-12-6-7-13-22(21)29-23(19-9-8-14-25-17-19)27-28-24(29)32-16-15-26-33(30,31)20-10-4-3-5-11-20/h3-14,17-18,26H,15-16H2,1-2H3. The first kappa shape index (κ1) is 23.2. The molecule has 170 valence electrons. The third kappa shape index (κ3) is 5.32. The molecule has 0 bridgehead atoms. The Morgan fingerprint density at radius 2 is 1.73 bits per heavy atom. The molecule has 4 aromatic rings. The molecule has 0 saturated heterocycles. The first-order valence-corrected chi connectivity index (χ1v) is 13.1. The maximum absolute atomic E-state index is 12.5. The number of hydrogen-bond acceptors (Lipinski definition) is 6. The number of para-hydroxylation sites is 1. The van der Waals surface area contributed by atoms with Crippen molar-refractivity contribution in [3.05, 3.63) is 84.7 Å². The zero-order valence-electron chi connectivity index (χ0n) is 18.4. The SMILES string of the molecule is CC(C)c1ccccc1-n1c(SCCNS(=O)(=O)c2ccccc2)nnc1-c1cccnc1. The molecule has 0 aliphatic heterocycles. The summed E-state index contributed by atoms with van der Waals surface area (Å²) in [6, 6.07) is 20.4. The van der Waals surface area contributed by atoms with Gasteiger partial charge < -0.3 is 0 Å². The molecule has 7 nitrogen and oxygen atoms in total. The molecule has 1 N–H and O–H groups in total. The molecule has 0 unspecified atom stereocenters. The van der Waals surface area contributed by atoms with Crippen molar-refractivity contribution in [2.75, 3.05) is 12.3 Å². The van der Waals surface area contributed by atoms with Crippen LogP contribution in [0.2, 0.25) is 0 Å². The number of sulfonamides is 1. The van der Waals surface area contributed by atoms with Crippen molar-refractivity contribution in [3.63, 3.8) is 0 Å². The van der Waals surface area contributed by atoms with Crippen LogP contribution >= 0.6 is 11.8 Å². The first-order valence-electron chi connectivity index (χ1n) is 10.6. The number of rotatable bonds is 9. The van der Waals surface area contributed by atoms with E-state index in [1.807, 2.05) is 28.8 Å². The Kier molecular flexibility index (Phi) is 7.22. The van der Waals surface area contributed by atoms with Crippen LogP contribution in [0.15, 0.2) is 89.2 Å². The average molecular weight is 480 g/mol. The second-order valence-electron chi connectivity index (χ2n) is 7.66. The monoisotopic (exact) mass is 479 g/mol. The number of hydrogen-bond donors (Lipinski definition) is 1. The molecule has 33 heavy (non-hydrogen) atoms. The molecule has 0 fully saturated rings. The normalized spacial score (nSPS) is 11.7. The largest absolute Gasteiger partial charge is 0.270 e. The summed E-state index contributed by atoms with van der Waals surface area (Å²) in [4.78, 5) is 4.48. The van der Waals surface area contributed by atoms with Gasteiger partial charge in [0, 0.05) is 30.3 Å². The number of benzene rings is 2. The third-order valence-electron chi connectivity index (χ3n) is 5.03. The van der Waals surface area contributed by atoms with Crippen LogP contribution in [0, 0.1) is 0 Å². The fraction of sp³-hybridized carbons (Fsp3) is 0.208. The molecular weight excluding hydrogens is 454 g/mol. The van der Waals surface area contributed by atoms with Crippen molar-refractivity contribution in [2.45, 2.75) is 29.8 Å². The van der Waals surface area contributed by atoms with E-state index in [9.17, 15) is 8.42 Å². The quantitative estimate of drug-likeness (QED) is 0.280. The van der Waals surface area contributed by atoms with Crippen LogP contribution < -0.4 is 4.72 Å². The highest BCUT2D eigenvalue weighted by atomic mass is 32.2. The van der Waals surface area contributed by atoms with Crippen LogP contribution in [0.5, 0.6) is 0 Å². The van der Waals surface area contributed by atoms with E-state index in [-0.39, 0.29) is 11.4 Å². The Bertz CT molecular complexity index is 1310. The van der Waals surface area contributed by atoms with Crippen molar-refractivity contribution < 1.29 is 8.42 Å². The van der Waals surface area contributed by atoms with E-state index in [4.69, 9.17) is 0 Å². The van der Waals surface area contributed by atoms with Gasteiger partial charge in [0.05, 0.1) is 10.6 Å². The molecule has 0 aliphatic carbocycles. The zero-order chi connectivity index (χ0) is 23.3. The highest BCUT2D eigenvalue weighted by Gasteiger charge is 2.20. The number of aromatic nitrogens is 4. The summed E-state index contributed by atoms with van der Waals surface area (Å²) in [6.07, 6.45) is 3.49. The molecule has 2 aromatic heterocycles. The predicted octanol–water partition coefficient (Wildman–Crippen LogP) is 4.52. The van der Waals surface area contributed by atoms with Gasteiger partial charge >= 0.3 is 0 Å². The second kappa shape index (κ2) is 10.3. The van der Waals surface area contributed by atoms with Crippen LogP contribution in [0.4, 0.5) is 0 Å². The lowest BCUT2D eigenvalue weighted by Crippen LogP contribution is -2.26. The lowest BCUT2D eigenvalue weighted by molar-refractivity contribution is 0.584. The lowest BCUT2D eigenvalue weighted by atomic mass is 10.0. The Labute approximate surface area is 198 Å². The van der Waals surface area contributed by atoms with E-state index in [0.717, 1.165) is 11.3 Å². The minimum absolute atomic E-state index is 0.253. The number of nitrogens with zero attached hydrogens (tertiary/aromatic N) is 4. The van der Waals surface area contributed by atoms with Gasteiger partial charge in [0.2, 0.25) is 10.0 Å². The van der Waals surface area contributed by atoms with Gasteiger partial charge in [-0.2, -0.15) is 0 Å². The first-order chi connectivity index (χ1) is 16.0. The number of nitrogens with one attached hydrogen (secondary N) is 1. The summed E-state index contributed by atoms with van der Waals surface area (Å²) in [7, 11) is -3.55.